The fourth-order valence-corrected chi connectivity index (χ4v) is 1.26. The molecule has 19 heavy (non-hydrogen) atoms. The number of alkyl halides is 3. The highest BCUT2D eigenvalue weighted by atomic mass is 19.4. The SMILES string of the molecule is CC(C)OCC(=O)Nc1ccc(F)c(C(F)(F)F)c1. The van der Waals surface area contributed by atoms with Crippen molar-refractivity contribution >= 4 is 11.6 Å². The summed E-state index contributed by atoms with van der Waals surface area (Å²) in [6.07, 6.45) is -4.98. The molecule has 1 N–H and O–H groups in total. The van der Waals surface area contributed by atoms with Crippen LogP contribution in [0.25, 0.3) is 0 Å². The third-order valence-electron chi connectivity index (χ3n) is 2.10. The Kier molecular flexibility index (Phi) is 4.88. The molecule has 1 rings (SSSR count). The molecule has 0 aliphatic heterocycles. The van der Waals surface area contributed by atoms with Crippen LogP contribution in [0.3, 0.4) is 0 Å². The van der Waals surface area contributed by atoms with E-state index in [2.05, 4.69) is 5.32 Å². The Bertz CT molecular complexity index is 458. The first-order valence-electron chi connectivity index (χ1n) is 5.48. The van der Waals surface area contributed by atoms with E-state index in [1.807, 2.05) is 0 Å². The molecule has 1 aromatic rings. The van der Waals surface area contributed by atoms with E-state index in [-0.39, 0.29) is 18.4 Å². The number of halogens is 4. The van der Waals surface area contributed by atoms with E-state index in [4.69, 9.17) is 4.74 Å². The minimum Gasteiger partial charge on any atom is -0.369 e. The van der Waals surface area contributed by atoms with Crippen LogP contribution in [-0.4, -0.2) is 18.6 Å². The molecule has 7 heteroatoms. The third-order valence-corrected chi connectivity index (χ3v) is 2.10. The molecule has 0 heterocycles. The van der Waals surface area contributed by atoms with Crippen molar-refractivity contribution in [2.24, 2.45) is 0 Å². The van der Waals surface area contributed by atoms with Crippen molar-refractivity contribution in [1.82, 2.24) is 0 Å². The van der Waals surface area contributed by atoms with E-state index in [0.717, 1.165) is 6.07 Å². The van der Waals surface area contributed by atoms with Crippen molar-refractivity contribution in [3.8, 4) is 0 Å². The lowest BCUT2D eigenvalue weighted by molar-refractivity contribution is -0.140. The summed E-state index contributed by atoms with van der Waals surface area (Å²) < 4.78 is 55.3. The Morgan fingerprint density at radius 1 is 1.37 bits per heavy atom. The van der Waals surface area contributed by atoms with E-state index in [1.54, 1.807) is 13.8 Å². The predicted molar refractivity (Wildman–Crippen MR) is 61.1 cm³/mol. The lowest BCUT2D eigenvalue weighted by Gasteiger charge is -2.11. The lowest BCUT2D eigenvalue weighted by atomic mass is 10.2. The first-order valence-corrected chi connectivity index (χ1v) is 5.48. The Balaban J connectivity index is 2.78. The van der Waals surface area contributed by atoms with Gasteiger partial charge in [-0.2, -0.15) is 13.2 Å². The van der Waals surface area contributed by atoms with Gasteiger partial charge in [-0.15, -0.1) is 0 Å². The molecule has 0 aromatic heterocycles. The molecule has 0 atom stereocenters. The normalized spacial score (nSPS) is 11.7. The van der Waals surface area contributed by atoms with E-state index in [0.29, 0.717) is 12.1 Å². The molecule has 1 amide bonds. The molecule has 106 valence electrons. The predicted octanol–water partition coefficient (Wildman–Crippen LogP) is 3.21. The van der Waals surface area contributed by atoms with Gasteiger partial charge in [-0.25, -0.2) is 4.39 Å². The van der Waals surface area contributed by atoms with E-state index < -0.39 is 23.5 Å². The number of anilines is 1. The smallest absolute Gasteiger partial charge is 0.369 e. The monoisotopic (exact) mass is 279 g/mol. The number of rotatable bonds is 4. The zero-order chi connectivity index (χ0) is 14.6. The summed E-state index contributed by atoms with van der Waals surface area (Å²) >= 11 is 0. The molecule has 0 saturated carbocycles. The van der Waals surface area contributed by atoms with Crippen LogP contribution in [0.2, 0.25) is 0 Å². The Morgan fingerprint density at radius 2 is 2.00 bits per heavy atom. The van der Waals surface area contributed by atoms with Crippen LogP contribution in [0, 0.1) is 5.82 Å². The average molecular weight is 279 g/mol. The molecule has 0 spiro atoms. The zero-order valence-electron chi connectivity index (χ0n) is 10.3. The fourth-order valence-electron chi connectivity index (χ4n) is 1.26. The summed E-state index contributed by atoms with van der Waals surface area (Å²) in [7, 11) is 0. The number of benzene rings is 1. The van der Waals surface area contributed by atoms with Crippen molar-refractivity contribution < 1.29 is 27.1 Å². The minimum atomic E-state index is -4.81. The molecule has 0 unspecified atom stereocenters. The van der Waals surface area contributed by atoms with Gasteiger partial charge in [0.1, 0.15) is 12.4 Å². The number of hydrogen-bond donors (Lipinski definition) is 1. The second kappa shape index (κ2) is 6.01. The summed E-state index contributed by atoms with van der Waals surface area (Å²) in [5.74, 6) is -1.99. The van der Waals surface area contributed by atoms with Gasteiger partial charge in [-0.05, 0) is 32.0 Å². The highest BCUT2D eigenvalue weighted by Crippen LogP contribution is 2.32. The Labute approximate surface area is 107 Å². The van der Waals surface area contributed by atoms with Gasteiger partial charge in [-0.1, -0.05) is 0 Å². The van der Waals surface area contributed by atoms with Crippen molar-refractivity contribution in [1.29, 1.82) is 0 Å². The van der Waals surface area contributed by atoms with E-state index in [9.17, 15) is 22.4 Å². The highest BCUT2D eigenvalue weighted by Gasteiger charge is 2.34. The number of carbonyl (C=O) groups excluding carboxylic acids is 1. The molecule has 0 fully saturated rings. The van der Waals surface area contributed by atoms with Crippen LogP contribution in [0.1, 0.15) is 19.4 Å². The number of nitrogens with one attached hydrogen (secondary N) is 1. The van der Waals surface area contributed by atoms with Crippen LogP contribution in [0.4, 0.5) is 23.2 Å². The van der Waals surface area contributed by atoms with Crippen LogP contribution in [0.15, 0.2) is 18.2 Å². The number of ether oxygens (including phenoxy) is 1. The summed E-state index contributed by atoms with van der Waals surface area (Å²) in [5.41, 5.74) is -1.55. The lowest BCUT2D eigenvalue weighted by Crippen LogP contribution is -2.21. The third kappa shape index (κ3) is 4.86. The largest absolute Gasteiger partial charge is 0.419 e. The maximum atomic E-state index is 13.0. The summed E-state index contributed by atoms with van der Waals surface area (Å²) in [4.78, 5) is 11.4. The van der Waals surface area contributed by atoms with Crippen LogP contribution in [0.5, 0.6) is 0 Å². The Morgan fingerprint density at radius 3 is 2.53 bits per heavy atom. The van der Waals surface area contributed by atoms with Gasteiger partial charge in [-0.3, -0.25) is 4.79 Å². The van der Waals surface area contributed by atoms with Gasteiger partial charge in [0.05, 0.1) is 11.7 Å². The van der Waals surface area contributed by atoms with Gasteiger partial charge in [0.25, 0.3) is 0 Å². The van der Waals surface area contributed by atoms with Crippen LogP contribution >= 0.6 is 0 Å². The van der Waals surface area contributed by atoms with Crippen molar-refractivity contribution in [3.63, 3.8) is 0 Å². The second-order valence-electron chi connectivity index (χ2n) is 4.10. The Hall–Kier alpha value is -1.63. The maximum absolute atomic E-state index is 13.0. The van der Waals surface area contributed by atoms with Gasteiger partial charge in [0, 0.05) is 5.69 Å². The molecule has 0 aliphatic rings. The molecule has 1 aromatic carbocycles. The molecule has 0 saturated heterocycles. The fraction of sp³-hybridized carbons (Fsp3) is 0.417. The molecule has 0 radical (unpaired) electrons. The minimum absolute atomic E-state index is 0.133. The quantitative estimate of drug-likeness (QED) is 0.859. The molecule has 0 bridgehead atoms. The second-order valence-corrected chi connectivity index (χ2v) is 4.10. The van der Waals surface area contributed by atoms with E-state index in [1.165, 1.54) is 0 Å². The summed E-state index contributed by atoms with van der Waals surface area (Å²) in [5, 5.41) is 2.21. The number of carbonyl (C=O) groups is 1. The van der Waals surface area contributed by atoms with Crippen LogP contribution < -0.4 is 5.32 Å². The topological polar surface area (TPSA) is 38.3 Å². The van der Waals surface area contributed by atoms with Crippen molar-refractivity contribution in [2.45, 2.75) is 26.1 Å². The molecular weight excluding hydrogens is 266 g/mol. The standard InChI is InChI=1S/C12H13F4NO2/c1-7(2)19-6-11(18)17-8-3-4-10(13)9(5-8)12(14,15)16/h3-5,7H,6H2,1-2H3,(H,17,18). The maximum Gasteiger partial charge on any atom is 0.419 e. The summed E-state index contributed by atoms with van der Waals surface area (Å²) in [6, 6.07) is 2.25. The van der Waals surface area contributed by atoms with E-state index >= 15 is 0 Å². The number of hydrogen-bond acceptors (Lipinski definition) is 2. The number of amides is 1. The van der Waals surface area contributed by atoms with Crippen molar-refractivity contribution in [3.05, 3.63) is 29.6 Å². The van der Waals surface area contributed by atoms with Gasteiger partial charge in [0.15, 0.2) is 0 Å². The van der Waals surface area contributed by atoms with Crippen molar-refractivity contribution in [2.75, 3.05) is 11.9 Å². The average Bonchev–Trinajstić information content (AvgIpc) is 2.27. The van der Waals surface area contributed by atoms with Gasteiger partial charge in [0.2, 0.25) is 5.91 Å². The highest BCUT2D eigenvalue weighted by molar-refractivity contribution is 5.91. The summed E-state index contributed by atoms with van der Waals surface area (Å²) in [6.45, 7) is 3.15. The molecule has 0 aliphatic carbocycles. The first-order chi connectivity index (χ1) is 8.70. The molecule has 3 nitrogen and oxygen atoms in total. The first kappa shape index (κ1) is 15.4. The molecular formula is C12H13F4NO2. The zero-order valence-corrected chi connectivity index (χ0v) is 10.3. The van der Waals surface area contributed by atoms with Gasteiger partial charge >= 0.3 is 6.18 Å². The van der Waals surface area contributed by atoms with Gasteiger partial charge < -0.3 is 10.1 Å². The van der Waals surface area contributed by atoms with Crippen LogP contribution in [-0.2, 0) is 15.7 Å².